The largest absolute Gasteiger partial charge is 0.456 e. The lowest BCUT2D eigenvalue weighted by molar-refractivity contribution is -0.114. The Balaban J connectivity index is 1.59. The van der Waals surface area contributed by atoms with Crippen molar-refractivity contribution in [1.29, 1.82) is 0 Å². The number of carbonyl (C=O) groups is 1. The number of rotatable bonds is 5. The van der Waals surface area contributed by atoms with Gasteiger partial charge in [-0.2, -0.15) is 0 Å². The van der Waals surface area contributed by atoms with Gasteiger partial charge >= 0.3 is 0 Å². The van der Waals surface area contributed by atoms with E-state index < -0.39 is 22.5 Å². The van der Waals surface area contributed by atoms with Gasteiger partial charge in [-0.15, -0.1) is 0 Å². The van der Waals surface area contributed by atoms with Crippen LogP contribution in [0.3, 0.4) is 0 Å². The van der Waals surface area contributed by atoms with Crippen molar-refractivity contribution in [3.8, 4) is 0 Å². The van der Waals surface area contributed by atoms with Gasteiger partial charge in [0.05, 0.1) is 17.0 Å². The number of para-hydroxylation sites is 2. The zero-order valence-corrected chi connectivity index (χ0v) is 17.0. The predicted octanol–water partition coefficient (Wildman–Crippen LogP) is 4.64. The van der Waals surface area contributed by atoms with E-state index in [0.717, 1.165) is 26.9 Å². The molecule has 6 nitrogen and oxygen atoms in total. The zero-order chi connectivity index (χ0) is 20.6. The first-order valence-electron chi connectivity index (χ1n) is 8.76. The molecule has 4 aromatic rings. The summed E-state index contributed by atoms with van der Waals surface area (Å²) >= 11 is 6.12. The van der Waals surface area contributed by atoms with E-state index in [-0.39, 0.29) is 10.7 Å². The molecule has 1 heterocycles. The molecular formula is C21H17ClN2O4S. The fraction of sp³-hybridized carbons (Fsp3) is 0.0952. The van der Waals surface area contributed by atoms with Crippen LogP contribution in [-0.2, 0) is 14.8 Å². The van der Waals surface area contributed by atoms with Gasteiger partial charge < -0.3 is 9.73 Å². The van der Waals surface area contributed by atoms with Crippen molar-refractivity contribution in [3.63, 3.8) is 0 Å². The molecule has 0 bridgehead atoms. The third-order valence-electron chi connectivity index (χ3n) is 4.47. The van der Waals surface area contributed by atoms with Crippen LogP contribution in [0.15, 0.2) is 71.1 Å². The summed E-state index contributed by atoms with van der Waals surface area (Å²) in [6.07, 6.45) is 1.03. The highest BCUT2D eigenvalue weighted by molar-refractivity contribution is 7.92. The zero-order valence-electron chi connectivity index (χ0n) is 15.4. The monoisotopic (exact) mass is 428 g/mol. The highest BCUT2D eigenvalue weighted by atomic mass is 35.5. The van der Waals surface area contributed by atoms with Crippen molar-refractivity contribution in [2.75, 3.05) is 22.4 Å². The number of hydrogen-bond donors (Lipinski definition) is 1. The average molecular weight is 429 g/mol. The van der Waals surface area contributed by atoms with E-state index in [4.69, 9.17) is 16.0 Å². The van der Waals surface area contributed by atoms with Crippen LogP contribution in [0.2, 0.25) is 5.02 Å². The Labute approximate surface area is 172 Å². The van der Waals surface area contributed by atoms with Gasteiger partial charge in [-0.3, -0.25) is 9.10 Å². The molecule has 0 aliphatic carbocycles. The summed E-state index contributed by atoms with van der Waals surface area (Å²) in [5.41, 5.74) is 2.15. The first-order chi connectivity index (χ1) is 13.8. The fourth-order valence-electron chi connectivity index (χ4n) is 3.17. The van der Waals surface area contributed by atoms with Gasteiger partial charge in [0.1, 0.15) is 17.7 Å². The molecule has 3 aromatic carbocycles. The van der Waals surface area contributed by atoms with Crippen molar-refractivity contribution in [1.82, 2.24) is 0 Å². The molecule has 0 saturated heterocycles. The van der Waals surface area contributed by atoms with Crippen molar-refractivity contribution in [3.05, 3.63) is 71.8 Å². The minimum atomic E-state index is -3.71. The van der Waals surface area contributed by atoms with E-state index in [1.54, 1.807) is 36.4 Å². The van der Waals surface area contributed by atoms with Crippen LogP contribution in [0.25, 0.3) is 21.9 Å². The molecule has 29 heavy (non-hydrogen) atoms. The van der Waals surface area contributed by atoms with Gasteiger partial charge in [0.2, 0.25) is 15.9 Å². The van der Waals surface area contributed by atoms with Crippen molar-refractivity contribution < 1.29 is 17.6 Å². The molecule has 0 atom stereocenters. The number of nitrogens with zero attached hydrogens (tertiary/aromatic N) is 1. The Morgan fingerprint density at radius 2 is 1.69 bits per heavy atom. The molecule has 8 heteroatoms. The summed E-state index contributed by atoms with van der Waals surface area (Å²) in [6, 6.07) is 19.5. The van der Waals surface area contributed by atoms with Crippen molar-refractivity contribution in [2.45, 2.75) is 0 Å². The minimum Gasteiger partial charge on any atom is -0.456 e. The number of sulfonamides is 1. The van der Waals surface area contributed by atoms with E-state index in [1.165, 1.54) is 0 Å². The first kappa shape index (κ1) is 19.3. The van der Waals surface area contributed by atoms with Crippen LogP contribution in [0.5, 0.6) is 0 Å². The van der Waals surface area contributed by atoms with Crippen molar-refractivity contribution in [2.24, 2.45) is 0 Å². The van der Waals surface area contributed by atoms with E-state index >= 15 is 0 Å². The molecular weight excluding hydrogens is 412 g/mol. The smallest absolute Gasteiger partial charge is 0.245 e. The van der Waals surface area contributed by atoms with Gasteiger partial charge in [0.15, 0.2) is 0 Å². The summed E-state index contributed by atoms with van der Waals surface area (Å²) in [7, 11) is -3.71. The number of halogens is 1. The second-order valence-electron chi connectivity index (χ2n) is 6.58. The Morgan fingerprint density at radius 1 is 1.00 bits per heavy atom. The summed E-state index contributed by atoms with van der Waals surface area (Å²) in [6.45, 7) is -0.402. The predicted molar refractivity (Wildman–Crippen MR) is 116 cm³/mol. The third-order valence-corrected chi connectivity index (χ3v) is 5.92. The lowest BCUT2D eigenvalue weighted by Gasteiger charge is -2.22. The second kappa shape index (κ2) is 7.42. The van der Waals surface area contributed by atoms with Gasteiger partial charge in [-0.1, -0.05) is 41.9 Å². The number of fused-ring (bicyclic) bond motifs is 3. The summed E-state index contributed by atoms with van der Waals surface area (Å²) < 4.78 is 31.2. The number of hydrogen-bond acceptors (Lipinski definition) is 4. The lowest BCUT2D eigenvalue weighted by Crippen LogP contribution is -2.37. The molecule has 1 aromatic heterocycles. The third kappa shape index (κ3) is 3.92. The Kier molecular flexibility index (Phi) is 4.94. The normalized spacial score (nSPS) is 11.7. The number of anilines is 2. The number of carbonyl (C=O) groups excluding carboxylic acids is 1. The van der Waals surface area contributed by atoms with Crippen LogP contribution in [0.4, 0.5) is 11.4 Å². The molecule has 1 amide bonds. The maximum absolute atomic E-state index is 12.6. The summed E-state index contributed by atoms with van der Waals surface area (Å²) in [5.74, 6) is -0.495. The molecule has 148 valence electrons. The van der Waals surface area contributed by atoms with E-state index in [9.17, 15) is 13.2 Å². The Hall–Kier alpha value is -3.03. The minimum absolute atomic E-state index is 0.245. The Bertz CT molecular complexity index is 1330. The highest BCUT2D eigenvalue weighted by Crippen LogP contribution is 2.31. The van der Waals surface area contributed by atoms with Crippen LogP contribution in [0.1, 0.15) is 0 Å². The molecule has 0 fully saturated rings. The van der Waals surface area contributed by atoms with Crippen LogP contribution in [-0.4, -0.2) is 27.1 Å². The van der Waals surface area contributed by atoms with Gasteiger partial charge in [-0.25, -0.2) is 8.42 Å². The van der Waals surface area contributed by atoms with Gasteiger partial charge in [0, 0.05) is 22.5 Å². The molecule has 0 unspecified atom stereocenters. The van der Waals surface area contributed by atoms with Crippen LogP contribution in [0, 0.1) is 0 Å². The average Bonchev–Trinajstić information content (AvgIpc) is 3.03. The van der Waals surface area contributed by atoms with Crippen LogP contribution >= 0.6 is 11.6 Å². The second-order valence-corrected chi connectivity index (χ2v) is 8.89. The summed E-state index contributed by atoms with van der Waals surface area (Å²) in [5, 5.41) is 4.89. The number of amides is 1. The summed E-state index contributed by atoms with van der Waals surface area (Å²) in [4.78, 5) is 12.6. The molecule has 0 aliphatic heterocycles. The maximum Gasteiger partial charge on any atom is 0.245 e. The van der Waals surface area contributed by atoms with E-state index in [1.807, 2.05) is 30.3 Å². The topological polar surface area (TPSA) is 79.6 Å². The number of nitrogens with one attached hydrogen (secondary N) is 1. The maximum atomic E-state index is 12.6. The first-order valence-corrected chi connectivity index (χ1v) is 11.0. The molecule has 0 aliphatic rings. The standard InChI is InChI=1S/C21H17ClN2O4S/c1-29(26,27)24(18-8-4-3-7-17(18)22)13-21(25)23-14-10-11-16-15-6-2-5-9-19(15)28-20(16)12-14/h2-12H,13H2,1H3,(H,23,25). The SMILES string of the molecule is CS(=O)(=O)N(CC(=O)Nc1ccc2c(c1)oc1ccccc12)c1ccccc1Cl. The fourth-order valence-corrected chi connectivity index (χ4v) is 4.33. The van der Waals surface area contributed by atoms with Gasteiger partial charge in [0.25, 0.3) is 0 Å². The van der Waals surface area contributed by atoms with E-state index in [0.29, 0.717) is 11.3 Å². The Morgan fingerprint density at radius 3 is 2.45 bits per heavy atom. The quantitative estimate of drug-likeness (QED) is 0.502. The molecule has 4 rings (SSSR count). The lowest BCUT2D eigenvalue weighted by atomic mass is 10.1. The van der Waals surface area contributed by atoms with Gasteiger partial charge in [-0.05, 0) is 30.3 Å². The molecule has 0 saturated carbocycles. The van der Waals surface area contributed by atoms with E-state index in [2.05, 4.69) is 5.32 Å². The number of furan rings is 1. The molecule has 0 radical (unpaired) electrons. The highest BCUT2D eigenvalue weighted by Gasteiger charge is 2.23. The van der Waals surface area contributed by atoms with Crippen LogP contribution < -0.4 is 9.62 Å². The molecule has 0 spiro atoms. The number of benzene rings is 3. The van der Waals surface area contributed by atoms with Crippen molar-refractivity contribution >= 4 is 60.8 Å². The molecule has 1 N–H and O–H groups in total.